The molecule has 1 amide bonds. The summed E-state index contributed by atoms with van der Waals surface area (Å²) in [7, 11) is 1.61. The molecule has 0 saturated heterocycles. The zero-order valence-electron chi connectivity index (χ0n) is 19.7. The van der Waals surface area contributed by atoms with Gasteiger partial charge in [0.1, 0.15) is 41.4 Å². The summed E-state index contributed by atoms with van der Waals surface area (Å²) in [5.41, 5.74) is 0.552. The number of carbonyl (C=O) groups is 1. The number of ether oxygens (including phenoxy) is 4. The summed E-state index contributed by atoms with van der Waals surface area (Å²) in [4.78, 5) is 12.5. The lowest BCUT2D eigenvalue weighted by Gasteiger charge is -2.13. The van der Waals surface area contributed by atoms with Crippen LogP contribution in [0.2, 0.25) is 0 Å². The molecule has 3 aromatic rings. The summed E-state index contributed by atoms with van der Waals surface area (Å²) in [6, 6.07) is 14.4. The van der Waals surface area contributed by atoms with Crippen molar-refractivity contribution in [2.75, 3.05) is 32.2 Å². The maximum Gasteiger partial charge on any atom is 0.268 e. The molecule has 1 aromatic heterocycles. The van der Waals surface area contributed by atoms with Gasteiger partial charge in [-0.2, -0.15) is 5.26 Å². The van der Waals surface area contributed by atoms with Crippen LogP contribution in [0.25, 0.3) is 6.08 Å². The van der Waals surface area contributed by atoms with Crippen LogP contribution in [0.1, 0.15) is 24.4 Å². The van der Waals surface area contributed by atoms with E-state index in [1.54, 1.807) is 25.3 Å². The normalized spacial score (nSPS) is 10.9. The van der Waals surface area contributed by atoms with Gasteiger partial charge in [-0.05, 0) is 61.4 Å². The van der Waals surface area contributed by atoms with Crippen LogP contribution in [-0.4, -0.2) is 43.0 Å². The number of aryl methyl sites for hydroxylation is 1. The molecule has 1 heterocycles. The molecule has 9 nitrogen and oxygen atoms in total. The smallest absolute Gasteiger partial charge is 0.268 e. The van der Waals surface area contributed by atoms with Gasteiger partial charge in [-0.15, -0.1) is 10.2 Å². The van der Waals surface area contributed by atoms with Gasteiger partial charge in [0.2, 0.25) is 5.13 Å². The number of nitrogens with one attached hydrogen (secondary N) is 1. The van der Waals surface area contributed by atoms with Crippen molar-refractivity contribution in [1.29, 1.82) is 5.26 Å². The van der Waals surface area contributed by atoms with Crippen molar-refractivity contribution in [3.8, 4) is 29.1 Å². The van der Waals surface area contributed by atoms with Gasteiger partial charge < -0.3 is 18.9 Å². The Morgan fingerprint density at radius 2 is 1.77 bits per heavy atom. The highest BCUT2D eigenvalue weighted by Crippen LogP contribution is 2.29. The Hall–Kier alpha value is -4.10. The van der Waals surface area contributed by atoms with Crippen molar-refractivity contribution in [2.45, 2.75) is 20.3 Å². The highest BCUT2D eigenvalue weighted by Gasteiger charge is 2.14. The standard InChI is InChI=1S/C25H26N4O5S/c1-4-23-28-29-25(35-23)27-24(30)18(16-26)14-17-6-11-21(22(15-17)32-5-2)34-13-12-33-20-9-7-19(31-3)8-10-20/h6-11,14-15H,4-5,12-13H2,1-3H3,(H,27,29,30)/b18-14-. The van der Waals surface area contributed by atoms with Crippen LogP contribution in [-0.2, 0) is 11.2 Å². The molecular formula is C25H26N4O5S. The van der Waals surface area contributed by atoms with Crippen LogP contribution in [0.3, 0.4) is 0 Å². The van der Waals surface area contributed by atoms with Crippen molar-refractivity contribution >= 4 is 28.5 Å². The lowest BCUT2D eigenvalue weighted by Crippen LogP contribution is -2.13. The molecule has 3 rings (SSSR count). The Labute approximate surface area is 207 Å². The number of anilines is 1. The van der Waals surface area contributed by atoms with Gasteiger partial charge in [-0.3, -0.25) is 10.1 Å². The van der Waals surface area contributed by atoms with Crippen LogP contribution < -0.4 is 24.3 Å². The van der Waals surface area contributed by atoms with Crippen LogP contribution in [0.4, 0.5) is 5.13 Å². The van der Waals surface area contributed by atoms with Crippen LogP contribution in [0, 0.1) is 11.3 Å². The van der Waals surface area contributed by atoms with E-state index in [1.807, 2.05) is 44.2 Å². The van der Waals surface area contributed by atoms with E-state index < -0.39 is 5.91 Å². The fourth-order valence-corrected chi connectivity index (χ4v) is 3.59. The van der Waals surface area contributed by atoms with Gasteiger partial charge in [-0.25, -0.2) is 0 Å². The molecule has 0 aliphatic heterocycles. The van der Waals surface area contributed by atoms with Gasteiger partial charge in [0.05, 0.1) is 13.7 Å². The summed E-state index contributed by atoms with van der Waals surface area (Å²) >= 11 is 1.27. The first-order valence-electron chi connectivity index (χ1n) is 11.0. The Morgan fingerprint density at radius 3 is 2.43 bits per heavy atom. The molecule has 0 fully saturated rings. The van der Waals surface area contributed by atoms with Crippen LogP contribution in [0.15, 0.2) is 48.0 Å². The zero-order valence-corrected chi connectivity index (χ0v) is 20.6. The molecule has 0 spiro atoms. The molecule has 182 valence electrons. The van der Waals surface area contributed by atoms with Crippen molar-refractivity contribution in [1.82, 2.24) is 10.2 Å². The third-order valence-corrected chi connectivity index (χ3v) is 5.59. The molecule has 10 heteroatoms. The van der Waals surface area contributed by atoms with Gasteiger partial charge in [0, 0.05) is 0 Å². The van der Waals surface area contributed by atoms with Crippen LogP contribution in [0.5, 0.6) is 23.0 Å². The first-order valence-corrected chi connectivity index (χ1v) is 11.8. The summed E-state index contributed by atoms with van der Waals surface area (Å²) in [6.45, 7) is 4.87. The van der Waals surface area contributed by atoms with E-state index in [0.29, 0.717) is 47.8 Å². The fraction of sp³-hybridized carbons (Fsp3) is 0.280. The highest BCUT2D eigenvalue weighted by molar-refractivity contribution is 7.15. The summed E-state index contributed by atoms with van der Waals surface area (Å²) in [5, 5.41) is 21.1. The maximum atomic E-state index is 12.5. The molecule has 0 atom stereocenters. The largest absolute Gasteiger partial charge is 0.497 e. The molecule has 0 bridgehead atoms. The Kier molecular flexibility index (Phi) is 9.45. The van der Waals surface area contributed by atoms with E-state index in [0.717, 1.165) is 17.2 Å². The number of nitriles is 1. The monoisotopic (exact) mass is 494 g/mol. The second-order valence-electron chi connectivity index (χ2n) is 6.99. The minimum Gasteiger partial charge on any atom is -0.497 e. The lowest BCUT2D eigenvalue weighted by atomic mass is 10.1. The molecule has 2 aromatic carbocycles. The molecule has 0 radical (unpaired) electrons. The number of aromatic nitrogens is 2. The van der Waals surface area contributed by atoms with Gasteiger partial charge in [0.15, 0.2) is 11.5 Å². The first-order chi connectivity index (χ1) is 17.1. The van der Waals surface area contributed by atoms with E-state index >= 15 is 0 Å². The SMILES string of the molecule is CCOc1cc(/C=C(/C#N)C(=O)Nc2nnc(CC)s2)ccc1OCCOc1ccc(OC)cc1. The van der Waals surface area contributed by atoms with Crippen molar-refractivity contribution in [2.24, 2.45) is 0 Å². The summed E-state index contributed by atoms with van der Waals surface area (Å²) < 4.78 is 22.3. The number of carbonyl (C=O) groups excluding carboxylic acids is 1. The Balaban J connectivity index is 1.63. The molecule has 35 heavy (non-hydrogen) atoms. The van der Waals surface area contributed by atoms with Crippen molar-refractivity contribution < 1.29 is 23.7 Å². The zero-order chi connectivity index (χ0) is 25.0. The second kappa shape index (κ2) is 13.0. The first kappa shape index (κ1) is 25.5. The maximum absolute atomic E-state index is 12.5. The third-order valence-electron chi connectivity index (χ3n) is 4.60. The predicted octanol–water partition coefficient (Wildman–Crippen LogP) is 4.51. The number of methoxy groups -OCH3 is 1. The number of rotatable bonds is 12. The molecule has 1 N–H and O–H groups in total. The third kappa shape index (κ3) is 7.45. The molecule has 0 aliphatic carbocycles. The molecular weight excluding hydrogens is 468 g/mol. The average Bonchev–Trinajstić information content (AvgIpc) is 3.34. The summed E-state index contributed by atoms with van der Waals surface area (Å²) in [5.74, 6) is 1.94. The second-order valence-corrected chi connectivity index (χ2v) is 8.05. The van der Waals surface area contributed by atoms with E-state index in [9.17, 15) is 10.1 Å². The number of nitrogens with zero attached hydrogens (tertiary/aromatic N) is 3. The fourth-order valence-electron chi connectivity index (χ4n) is 2.91. The van der Waals surface area contributed by atoms with Gasteiger partial charge >= 0.3 is 0 Å². The minimum atomic E-state index is -0.555. The average molecular weight is 495 g/mol. The predicted molar refractivity (Wildman–Crippen MR) is 133 cm³/mol. The minimum absolute atomic E-state index is 0.0674. The highest BCUT2D eigenvalue weighted by atomic mass is 32.1. The Bertz CT molecular complexity index is 1200. The Morgan fingerprint density at radius 1 is 1.03 bits per heavy atom. The van der Waals surface area contributed by atoms with Crippen LogP contribution >= 0.6 is 11.3 Å². The number of amides is 1. The lowest BCUT2D eigenvalue weighted by molar-refractivity contribution is -0.112. The van der Waals surface area contributed by atoms with E-state index in [-0.39, 0.29) is 5.57 Å². The molecule has 0 aliphatic rings. The van der Waals surface area contributed by atoms with Gasteiger partial charge in [-0.1, -0.05) is 24.3 Å². The van der Waals surface area contributed by atoms with Crippen molar-refractivity contribution in [3.63, 3.8) is 0 Å². The van der Waals surface area contributed by atoms with Crippen molar-refractivity contribution in [3.05, 3.63) is 58.6 Å². The number of hydrogen-bond acceptors (Lipinski definition) is 9. The number of benzene rings is 2. The molecule has 0 unspecified atom stereocenters. The quantitative estimate of drug-likeness (QED) is 0.222. The number of hydrogen-bond donors (Lipinski definition) is 1. The van der Waals surface area contributed by atoms with Gasteiger partial charge in [0.25, 0.3) is 5.91 Å². The topological polar surface area (TPSA) is 116 Å². The molecule has 0 saturated carbocycles. The van der Waals surface area contributed by atoms with E-state index in [4.69, 9.17) is 18.9 Å². The van der Waals surface area contributed by atoms with E-state index in [2.05, 4.69) is 15.5 Å². The summed E-state index contributed by atoms with van der Waals surface area (Å²) in [6.07, 6.45) is 2.20. The van der Waals surface area contributed by atoms with E-state index in [1.165, 1.54) is 17.4 Å².